The highest BCUT2D eigenvalue weighted by atomic mass is 16.4. The minimum absolute atomic E-state index is 0.194. The van der Waals surface area contributed by atoms with Gasteiger partial charge in [0.05, 0.1) is 5.56 Å². The predicted molar refractivity (Wildman–Crippen MR) is 65.2 cm³/mol. The van der Waals surface area contributed by atoms with Crippen LogP contribution in [0.2, 0.25) is 0 Å². The highest BCUT2D eigenvalue weighted by Gasteiger charge is 2.06. The highest BCUT2D eigenvalue weighted by Crippen LogP contribution is 2.24. The van der Waals surface area contributed by atoms with Crippen LogP contribution in [0.4, 0.5) is 0 Å². The zero-order valence-electron chi connectivity index (χ0n) is 9.34. The molecule has 3 heteroatoms. The summed E-state index contributed by atoms with van der Waals surface area (Å²) in [7, 11) is 0. The maximum absolute atomic E-state index is 11.0. The standard InChI is InChI=1S/C14H12O3/c1-9-6-11(8-12(7-9)14(16)17)10-2-4-13(15)5-3-10/h2-8,15H,1H3,(H,16,17). The third-order valence-corrected chi connectivity index (χ3v) is 2.52. The van der Waals surface area contributed by atoms with E-state index >= 15 is 0 Å². The number of benzene rings is 2. The molecule has 2 N–H and O–H groups in total. The molecule has 86 valence electrons. The van der Waals surface area contributed by atoms with Crippen LogP contribution in [0.25, 0.3) is 11.1 Å². The van der Waals surface area contributed by atoms with Crippen LogP contribution in [0, 0.1) is 6.92 Å². The fourth-order valence-corrected chi connectivity index (χ4v) is 1.73. The number of aryl methyl sites for hydroxylation is 1. The normalized spacial score (nSPS) is 10.2. The smallest absolute Gasteiger partial charge is 0.335 e. The minimum atomic E-state index is -0.936. The van der Waals surface area contributed by atoms with Gasteiger partial charge < -0.3 is 10.2 Å². The monoisotopic (exact) mass is 228 g/mol. The molecule has 0 aromatic heterocycles. The SMILES string of the molecule is Cc1cc(C(=O)O)cc(-c2ccc(O)cc2)c1. The first kappa shape index (κ1) is 11.2. The average molecular weight is 228 g/mol. The van der Waals surface area contributed by atoms with Crippen LogP contribution in [-0.4, -0.2) is 16.2 Å². The number of hydrogen-bond acceptors (Lipinski definition) is 2. The van der Waals surface area contributed by atoms with E-state index in [0.29, 0.717) is 0 Å². The molecule has 0 spiro atoms. The first-order chi connectivity index (χ1) is 8.06. The summed E-state index contributed by atoms with van der Waals surface area (Å²) in [6.07, 6.45) is 0. The van der Waals surface area contributed by atoms with E-state index in [1.807, 2.05) is 13.0 Å². The van der Waals surface area contributed by atoms with Crippen LogP contribution in [0.3, 0.4) is 0 Å². The Morgan fingerprint density at radius 2 is 1.65 bits per heavy atom. The first-order valence-electron chi connectivity index (χ1n) is 5.20. The van der Waals surface area contributed by atoms with Crippen molar-refractivity contribution < 1.29 is 15.0 Å². The van der Waals surface area contributed by atoms with Crippen LogP contribution in [0.5, 0.6) is 5.75 Å². The van der Waals surface area contributed by atoms with Crippen molar-refractivity contribution >= 4 is 5.97 Å². The van der Waals surface area contributed by atoms with Crippen molar-refractivity contribution in [2.24, 2.45) is 0 Å². The van der Waals surface area contributed by atoms with Crippen LogP contribution >= 0.6 is 0 Å². The minimum Gasteiger partial charge on any atom is -0.508 e. The molecule has 2 aromatic carbocycles. The maximum atomic E-state index is 11.0. The van der Waals surface area contributed by atoms with Crippen molar-refractivity contribution in [1.82, 2.24) is 0 Å². The Bertz CT molecular complexity index is 556. The zero-order chi connectivity index (χ0) is 12.4. The molecule has 0 heterocycles. The Hall–Kier alpha value is -2.29. The maximum Gasteiger partial charge on any atom is 0.335 e. The van der Waals surface area contributed by atoms with E-state index in [1.54, 1.807) is 36.4 Å². The van der Waals surface area contributed by atoms with E-state index in [2.05, 4.69) is 0 Å². The van der Waals surface area contributed by atoms with Gasteiger partial charge in [0, 0.05) is 0 Å². The summed E-state index contributed by atoms with van der Waals surface area (Å²) < 4.78 is 0. The average Bonchev–Trinajstić information content (AvgIpc) is 2.29. The van der Waals surface area contributed by atoms with Gasteiger partial charge in [0.2, 0.25) is 0 Å². The lowest BCUT2D eigenvalue weighted by atomic mass is 10.0. The van der Waals surface area contributed by atoms with E-state index in [0.717, 1.165) is 16.7 Å². The molecule has 2 aromatic rings. The molecular formula is C14H12O3. The van der Waals surface area contributed by atoms with E-state index in [4.69, 9.17) is 5.11 Å². The lowest BCUT2D eigenvalue weighted by Crippen LogP contribution is -1.97. The Balaban J connectivity index is 2.51. The number of hydrogen-bond donors (Lipinski definition) is 2. The molecule has 0 aliphatic rings. The van der Waals surface area contributed by atoms with Crippen molar-refractivity contribution in [3.63, 3.8) is 0 Å². The van der Waals surface area contributed by atoms with Gasteiger partial charge in [-0.25, -0.2) is 4.79 Å². The van der Waals surface area contributed by atoms with E-state index in [1.165, 1.54) is 0 Å². The Morgan fingerprint density at radius 3 is 2.24 bits per heavy atom. The topological polar surface area (TPSA) is 57.5 Å². The summed E-state index contributed by atoms with van der Waals surface area (Å²) in [6.45, 7) is 1.86. The van der Waals surface area contributed by atoms with Gasteiger partial charge in [-0.05, 0) is 47.9 Å². The number of carboxylic acid groups (broad SMARTS) is 1. The third-order valence-electron chi connectivity index (χ3n) is 2.52. The Kier molecular flexibility index (Phi) is 2.83. The van der Waals surface area contributed by atoms with Crippen LogP contribution < -0.4 is 0 Å². The fraction of sp³-hybridized carbons (Fsp3) is 0.0714. The summed E-state index contributed by atoms with van der Waals surface area (Å²) in [6, 6.07) is 11.9. The second kappa shape index (κ2) is 4.29. The number of carboxylic acids is 1. The van der Waals surface area contributed by atoms with Crippen molar-refractivity contribution in [3.8, 4) is 16.9 Å². The van der Waals surface area contributed by atoms with E-state index < -0.39 is 5.97 Å². The van der Waals surface area contributed by atoms with E-state index in [-0.39, 0.29) is 11.3 Å². The van der Waals surface area contributed by atoms with Gasteiger partial charge in [-0.2, -0.15) is 0 Å². The largest absolute Gasteiger partial charge is 0.508 e. The molecular weight excluding hydrogens is 216 g/mol. The van der Waals surface area contributed by atoms with Crippen LogP contribution in [0.15, 0.2) is 42.5 Å². The number of carbonyl (C=O) groups is 1. The number of rotatable bonds is 2. The lowest BCUT2D eigenvalue weighted by molar-refractivity contribution is 0.0697. The van der Waals surface area contributed by atoms with Gasteiger partial charge >= 0.3 is 5.97 Å². The van der Waals surface area contributed by atoms with Gasteiger partial charge in [0.15, 0.2) is 0 Å². The van der Waals surface area contributed by atoms with Crippen molar-refractivity contribution in [1.29, 1.82) is 0 Å². The molecule has 0 atom stereocenters. The van der Waals surface area contributed by atoms with Gasteiger partial charge in [-0.3, -0.25) is 0 Å². The first-order valence-corrected chi connectivity index (χ1v) is 5.20. The van der Waals surface area contributed by atoms with Crippen LogP contribution in [0.1, 0.15) is 15.9 Å². The highest BCUT2D eigenvalue weighted by molar-refractivity contribution is 5.89. The van der Waals surface area contributed by atoms with E-state index in [9.17, 15) is 9.90 Å². The molecule has 17 heavy (non-hydrogen) atoms. The summed E-state index contributed by atoms with van der Waals surface area (Å²) in [5.41, 5.74) is 2.89. The molecule has 0 bridgehead atoms. The van der Waals surface area contributed by atoms with Gasteiger partial charge in [0.1, 0.15) is 5.75 Å². The fourth-order valence-electron chi connectivity index (χ4n) is 1.73. The second-order valence-corrected chi connectivity index (χ2v) is 3.94. The van der Waals surface area contributed by atoms with Crippen molar-refractivity contribution in [3.05, 3.63) is 53.6 Å². The molecule has 0 unspecified atom stereocenters. The Morgan fingerprint density at radius 1 is 1.00 bits per heavy atom. The third kappa shape index (κ3) is 2.45. The molecule has 0 radical (unpaired) electrons. The molecule has 0 saturated heterocycles. The van der Waals surface area contributed by atoms with Crippen molar-refractivity contribution in [2.45, 2.75) is 6.92 Å². The summed E-state index contributed by atoms with van der Waals surface area (Å²) in [4.78, 5) is 11.0. The summed E-state index contributed by atoms with van der Waals surface area (Å²) in [5.74, 6) is -0.742. The number of aromatic carboxylic acids is 1. The molecule has 2 rings (SSSR count). The molecule has 3 nitrogen and oxygen atoms in total. The zero-order valence-corrected chi connectivity index (χ0v) is 9.34. The van der Waals surface area contributed by atoms with Crippen molar-refractivity contribution in [2.75, 3.05) is 0 Å². The number of phenols is 1. The molecule has 0 aliphatic heterocycles. The molecule has 0 amide bonds. The summed E-state index contributed by atoms with van der Waals surface area (Å²) in [5, 5.41) is 18.2. The molecule has 0 fully saturated rings. The molecule has 0 saturated carbocycles. The Labute approximate surface area is 99.0 Å². The number of phenolic OH excluding ortho intramolecular Hbond substituents is 1. The van der Waals surface area contributed by atoms with Gasteiger partial charge in [-0.1, -0.05) is 18.2 Å². The van der Waals surface area contributed by atoms with Crippen LogP contribution in [-0.2, 0) is 0 Å². The second-order valence-electron chi connectivity index (χ2n) is 3.94. The molecule has 0 aliphatic carbocycles. The lowest BCUT2D eigenvalue weighted by Gasteiger charge is -2.05. The van der Waals surface area contributed by atoms with Gasteiger partial charge in [-0.15, -0.1) is 0 Å². The number of aromatic hydroxyl groups is 1. The summed E-state index contributed by atoms with van der Waals surface area (Å²) >= 11 is 0. The predicted octanol–water partition coefficient (Wildman–Crippen LogP) is 3.07. The van der Waals surface area contributed by atoms with Gasteiger partial charge in [0.25, 0.3) is 0 Å². The quantitative estimate of drug-likeness (QED) is 0.830.